The third kappa shape index (κ3) is 4.11. The van der Waals surface area contributed by atoms with Crippen molar-refractivity contribution >= 4 is 17.0 Å². The van der Waals surface area contributed by atoms with Crippen LogP contribution in [0.25, 0.3) is 11.3 Å². The molecule has 1 aliphatic heterocycles. The van der Waals surface area contributed by atoms with Gasteiger partial charge in [0.1, 0.15) is 10.8 Å². The van der Waals surface area contributed by atoms with Crippen LogP contribution in [0.2, 0.25) is 0 Å². The first-order valence-electron chi connectivity index (χ1n) is 8.68. The lowest BCUT2D eigenvalue weighted by atomic mass is 10.1. The zero-order valence-electron chi connectivity index (χ0n) is 15.3. The van der Waals surface area contributed by atoms with Crippen LogP contribution in [0.5, 0.6) is 17.2 Å². The summed E-state index contributed by atoms with van der Waals surface area (Å²) in [7, 11) is 1.67. The summed E-state index contributed by atoms with van der Waals surface area (Å²) in [6.45, 7) is 2.94. The Hall–Kier alpha value is -2.86. The number of aromatic nitrogens is 1. The van der Waals surface area contributed by atoms with Gasteiger partial charge >= 0.3 is 0 Å². The molecule has 0 bridgehead atoms. The van der Waals surface area contributed by atoms with Gasteiger partial charge in [0.15, 0.2) is 11.5 Å². The van der Waals surface area contributed by atoms with Gasteiger partial charge in [-0.2, -0.15) is 0 Å². The number of rotatable bonds is 6. The molecule has 0 saturated heterocycles. The topological polar surface area (TPSA) is 52.9 Å². The first-order chi connectivity index (χ1) is 13.2. The Kier molecular flexibility index (Phi) is 5.07. The van der Waals surface area contributed by atoms with Gasteiger partial charge in [-0.25, -0.2) is 4.98 Å². The average molecular weight is 380 g/mol. The van der Waals surface area contributed by atoms with Crippen molar-refractivity contribution in [1.29, 1.82) is 0 Å². The molecule has 138 valence electrons. The molecule has 2 heterocycles. The summed E-state index contributed by atoms with van der Waals surface area (Å²) in [4.78, 5) is 9.39. The van der Waals surface area contributed by atoms with Crippen LogP contribution in [0.1, 0.15) is 17.5 Å². The molecule has 0 aliphatic carbocycles. The maximum atomic E-state index is 5.43. The number of thiazole rings is 1. The number of fused-ring (bicyclic) bond motifs is 1. The largest absolute Gasteiger partial charge is 0.497 e. The number of aliphatic imine (C=N–C) groups is 1. The Labute approximate surface area is 162 Å². The summed E-state index contributed by atoms with van der Waals surface area (Å²) >= 11 is 1.63. The van der Waals surface area contributed by atoms with Crippen molar-refractivity contribution in [2.24, 2.45) is 4.99 Å². The molecule has 2 aromatic carbocycles. The third-order valence-electron chi connectivity index (χ3n) is 4.32. The second kappa shape index (κ2) is 7.80. The molecule has 4 rings (SSSR count). The zero-order valence-corrected chi connectivity index (χ0v) is 16.1. The Balaban J connectivity index is 1.39. The van der Waals surface area contributed by atoms with Crippen molar-refractivity contribution < 1.29 is 14.2 Å². The molecule has 0 radical (unpaired) electrons. The lowest BCUT2D eigenvalue weighted by molar-refractivity contribution is 0.174. The number of ether oxygens (including phenoxy) is 3. The predicted octanol–water partition coefficient (Wildman–Crippen LogP) is 4.75. The van der Waals surface area contributed by atoms with E-state index in [0.29, 0.717) is 13.3 Å². The summed E-state index contributed by atoms with van der Waals surface area (Å²) < 4.78 is 16.0. The quantitative estimate of drug-likeness (QED) is 0.579. The Bertz CT molecular complexity index is 964. The SMILES string of the molecule is COc1ccc(-c2csc(CN=C(C)Cc3ccc4c(c3)OCO4)n2)cc1. The van der Waals surface area contributed by atoms with Gasteiger partial charge in [-0.1, -0.05) is 6.07 Å². The molecule has 0 amide bonds. The summed E-state index contributed by atoms with van der Waals surface area (Å²) in [5, 5.41) is 3.07. The van der Waals surface area contributed by atoms with Crippen molar-refractivity contribution in [3.05, 3.63) is 58.4 Å². The Morgan fingerprint density at radius 2 is 1.96 bits per heavy atom. The highest BCUT2D eigenvalue weighted by Crippen LogP contribution is 2.32. The lowest BCUT2D eigenvalue weighted by Crippen LogP contribution is -1.99. The van der Waals surface area contributed by atoms with Crippen LogP contribution >= 0.6 is 11.3 Å². The van der Waals surface area contributed by atoms with Crippen LogP contribution < -0.4 is 14.2 Å². The average Bonchev–Trinajstić information content (AvgIpc) is 3.35. The van der Waals surface area contributed by atoms with Crippen LogP contribution in [0, 0.1) is 0 Å². The van der Waals surface area contributed by atoms with Crippen molar-refractivity contribution in [3.8, 4) is 28.5 Å². The van der Waals surface area contributed by atoms with Crippen LogP contribution in [0.3, 0.4) is 0 Å². The van der Waals surface area contributed by atoms with E-state index in [-0.39, 0.29) is 0 Å². The first kappa shape index (κ1) is 17.5. The molecule has 1 aliphatic rings. The molecule has 1 aromatic heterocycles. The molecule has 6 heteroatoms. The summed E-state index contributed by atoms with van der Waals surface area (Å²) in [5.74, 6) is 2.46. The highest BCUT2D eigenvalue weighted by Gasteiger charge is 2.13. The van der Waals surface area contributed by atoms with E-state index >= 15 is 0 Å². The fourth-order valence-corrected chi connectivity index (χ4v) is 3.61. The van der Waals surface area contributed by atoms with Crippen LogP contribution in [-0.2, 0) is 13.0 Å². The van der Waals surface area contributed by atoms with Gasteiger partial charge in [0.2, 0.25) is 6.79 Å². The highest BCUT2D eigenvalue weighted by molar-refractivity contribution is 7.09. The van der Waals surface area contributed by atoms with E-state index in [1.165, 1.54) is 5.56 Å². The smallest absolute Gasteiger partial charge is 0.231 e. The van der Waals surface area contributed by atoms with Crippen molar-refractivity contribution in [2.45, 2.75) is 19.9 Å². The van der Waals surface area contributed by atoms with E-state index in [1.807, 2.05) is 43.3 Å². The molecule has 0 N–H and O–H groups in total. The van der Waals surface area contributed by atoms with E-state index in [4.69, 9.17) is 24.2 Å². The molecule has 0 unspecified atom stereocenters. The Morgan fingerprint density at radius 1 is 1.15 bits per heavy atom. The minimum Gasteiger partial charge on any atom is -0.497 e. The molecule has 3 aromatic rings. The van der Waals surface area contributed by atoms with Crippen molar-refractivity contribution in [2.75, 3.05) is 13.9 Å². The second-order valence-electron chi connectivity index (χ2n) is 6.27. The summed E-state index contributed by atoms with van der Waals surface area (Å²) in [6.07, 6.45) is 0.785. The molecule has 0 spiro atoms. The van der Waals surface area contributed by atoms with Crippen LogP contribution in [-0.4, -0.2) is 24.6 Å². The molecule has 27 heavy (non-hydrogen) atoms. The van der Waals surface area contributed by atoms with Gasteiger partial charge in [-0.05, 0) is 48.9 Å². The molecule has 0 saturated carbocycles. The van der Waals surface area contributed by atoms with E-state index < -0.39 is 0 Å². The molecule has 0 fully saturated rings. The standard InChI is InChI=1S/C21H20N2O3S/c1-14(9-15-3-8-19-20(10-15)26-13-25-19)22-11-21-23-18(12-27-21)16-4-6-17(24-2)7-5-16/h3-8,10,12H,9,11,13H2,1-2H3. The van der Waals surface area contributed by atoms with Gasteiger partial charge in [0, 0.05) is 23.1 Å². The van der Waals surface area contributed by atoms with Gasteiger partial charge in [-0.3, -0.25) is 4.99 Å². The first-order valence-corrected chi connectivity index (χ1v) is 9.56. The van der Waals surface area contributed by atoms with Gasteiger partial charge in [-0.15, -0.1) is 11.3 Å². The van der Waals surface area contributed by atoms with E-state index in [9.17, 15) is 0 Å². The van der Waals surface area contributed by atoms with Crippen molar-refractivity contribution in [3.63, 3.8) is 0 Å². The Morgan fingerprint density at radius 3 is 2.78 bits per heavy atom. The monoisotopic (exact) mass is 380 g/mol. The number of nitrogens with zero attached hydrogens (tertiary/aromatic N) is 2. The molecular formula is C21H20N2O3S. The number of hydrogen-bond acceptors (Lipinski definition) is 6. The third-order valence-corrected chi connectivity index (χ3v) is 5.15. The van der Waals surface area contributed by atoms with E-state index in [0.717, 1.165) is 45.6 Å². The molecular weight excluding hydrogens is 360 g/mol. The van der Waals surface area contributed by atoms with Gasteiger partial charge in [0.25, 0.3) is 0 Å². The summed E-state index contributed by atoms with van der Waals surface area (Å²) in [5.41, 5.74) is 4.29. The number of hydrogen-bond donors (Lipinski definition) is 0. The maximum absolute atomic E-state index is 5.43. The van der Waals surface area contributed by atoms with Gasteiger partial charge in [0.05, 0.1) is 19.3 Å². The zero-order chi connectivity index (χ0) is 18.6. The molecule has 5 nitrogen and oxygen atoms in total. The lowest BCUT2D eigenvalue weighted by Gasteiger charge is -2.03. The second-order valence-corrected chi connectivity index (χ2v) is 7.21. The van der Waals surface area contributed by atoms with Crippen molar-refractivity contribution in [1.82, 2.24) is 4.98 Å². The highest BCUT2D eigenvalue weighted by atomic mass is 32.1. The summed E-state index contributed by atoms with van der Waals surface area (Å²) in [6, 6.07) is 14.0. The fraction of sp³-hybridized carbons (Fsp3) is 0.238. The maximum Gasteiger partial charge on any atom is 0.231 e. The van der Waals surface area contributed by atoms with E-state index in [1.54, 1.807) is 18.4 Å². The van der Waals surface area contributed by atoms with Gasteiger partial charge < -0.3 is 14.2 Å². The van der Waals surface area contributed by atoms with Crippen LogP contribution in [0.4, 0.5) is 0 Å². The fourth-order valence-electron chi connectivity index (χ4n) is 2.88. The minimum atomic E-state index is 0.298. The van der Waals surface area contributed by atoms with Crippen LogP contribution in [0.15, 0.2) is 52.8 Å². The predicted molar refractivity (Wildman–Crippen MR) is 107 cm³/mol. The number of methoxy groups -OCH3 is 1. The molecule has 0 atom stereocenters. The minimum absolute atomic E-state index is 0.298. The normalized spacial score (nSPS) is 13.0. The van der Waals surface area contributed by atoms with E-state index in [2.05, 4.69) is 11.4 Å². The number of benzene rings is 2.